The molecule has 30 heavy (non-hydrogen) atoms. The zero-order chi connectivity index (χ0) is 21.4. The molecule has 1 aromatic rings. The average Bonchev–Trinajstić information content (AvgIpc) is 3.10. The molecule has 3 aliphatic rings. The van der Waals surface area contributed by atoms with Crippen LogP contribution in [0.5, 0.6) is 0 Å². The van der Waals surface area contributed by atoms with Gasteiger partial charge in [0.05, 0.1) is 11.0 Å². The van der Waals surface area contributed by atoms with Crippen LogP contribution < -0.4 is 0 Å². The van der Waals surface area contributed by atoms with E-state index in [9.17, 15) is 29.6 Å². The zero-order valence-corrected chi connectivity index (χ0v) is 16.7. The van der Waals surface area contributed by atoms with Gasteiger partial charge in [0.25, 0.3) is 5.69 Å². The van der Waals surface area contributed by atoms with Gasteiger partial charge in [-0.2, -0.15) is 0 Å². The quantitative estimate of drug-likeness (QED) is 0.595. The highest BCUT2D eigenvalue weighted by Gasteiger charge is 2.58. The van der Waals surface area contributed by atoms with Crippen molar-refractivity contribution in [3.63, 3.8) is 0 Å². The first kappa shape index (κ1) is 20.5. The van der Waals surface area contributed by atoms with E-state index in [1.54, 1.807) is 6.07 Å². The third-order valence-electron chi connectivity index (χ3n) is 7.02. The van der Waals surface area contributed by atoms with Gasteiger partial charge in [0, 0.05) is 36.3 Å². The monoisotopic (exact) mass is 414 g/mol. The summed E-state index contributed by atoms with van der Waals surface area (Å²) in [5.41, 5.74) is 0.346. The first-order valence-corrected chi connectivity index (χ1v) is 10.7. The lowest BCUT2D eigenvalue weighted by atomic mass is 9.74. The maximum Gasteiger partial charge on any atom is 0.326 e. The SMILES string of the molecule is O=C1CCCC2C1C(c1cccc([N+](=O)[O-])c1)N(C(=O)C1CCCCC1)C2C(=O)O. The predicted octanol–water partition coefficient (Wildman–Crippen LogP) is 3.50. The normalized spacial score (nSPS) is 29.5. The van der Waals surface area contributed by atoms with E-state index in [1.165, 1.54) is 23.1 Å². The number of ketones is 1. The van der Waals surface area contributed by atoms with E-state index < -0.39 is 34.8 Å². The summed E-state index contributed by atoms with van der Waals surface area (Å²) < 4.78 is 0. The summed E-state index contributed by atoms with van der Waals surface area (Å²) in [6.45, 7) is 0. The lowest BCUT2D eigenvalue weighted by molar-refractivity contribution is -0.385. The highest BCUT2D eigenvalue weighted by atomic mass is 16.6. The molecule has 0 radical (unpaired) electrons. The van der Waals surface area contributed by atoms with Crippen LogP contribution in [0.4, 0.5) is 5.69 Å². The van der Waals surface area contributed by atoms with Gasteiger partial charge in [-0.25, -0.2) is 4.79 Å². The number of Topliss-reactive ketones (excluding diaryl/α,β-unsaturated/α-hetero) is 1. The third-order valence-corrected chi connectivity index (χ3v) is 7.02. The fourth-order valence-corrected chi connectivity index (χ4v) is 5.74. The molecular formula is C22H26N2O6. The average molecular weight is 414 g/mol. The van der Waals surface area contributed by atoms with E-state index in [4.69, 9.17) is 0 Å². The first-order valence-electron chi connectivity index (χ1n) is 10.7. The predicted molar refractivity (Wildman–Crippen MR) is 107 cm³/mol. The Balaban J connectivity index is 1.82. The van der Waals surface area contributed by atoms with E-state index in [-0.39, 0.29) is 23.3 Å². The number of nitrogens with zero attached hydrogens (tertiary/aromatic N) is 2. The molecule has 2 saturated carbocycles. The number of carboxylic acid groups (broad SMARTS) is 1. The maximum atomic E-state index is 13.6. The summed E-state index contributed by atoms with van der Waals surface area (Å²) in [5.74, 6) is -2.71. The van der Waals surface area contributed by atoms with Crippen molar-refractivity contribution >= 4 is 23.3 Å². The molecule has 1 aliphatic heterocycles. The Bertz CT molecular complexity index is 878. The van der Waals surface area contributed by atoms with Crippen LogP contribution in [0.15, 0.2) is 24.3 Å². The van der Waals surface area contributed by atoms with Gasteiger partial charge < -0.3 is 10.0 Å². The molecule has 3 fully saturated rings. The van der Waals surface area contributed by atoms with Gasteiger partial charge in [0.2, 0.25) is 5.91 Å². The molecule has 1 amide bonds. The van der Waals surface area contributed by atoms with Crippen molar-refractivity contribution in [2.45, 2.75) is 63.5 Å². The molecule has 4 rings (SSSR count). The van der Waals surface area contributed by atoms with E-state index in [0.29, 0.717) is 37.7 Å². The second-order valence-electron chi connectivity index (χ2n) is 8.71. The number of carboxylic acids is 1. The summed E-state index contributed by atoms with van der Waals surface area (Å²) in [5, 5.41) is 21.4. The fraction of sp³-hybridized carbons (Fsp3) is 0.591. The van der Waals surface area contributed by atoms with Crippen LogP contribution >= 0.6 is 0 Å². The van der Waals surface area contributed by atoms with Gasteiger partial charge in [-0.3, -0.25) is 19.7 Å². The zero-order valence-electron chi connectivity index (χ0n) is 16.7. The lowest BCUT2D eigenvalue weighted by Crippen LogP contribution is -2.47. The maximum absolute atomic E-state index is 13.6. The van der Waals surface area contributed by atoms with Crippen LogP contribution in [0, 0.1) is 27.9 Å². The van der Waals surface area contributed by atoms with Crippen molar-refractivity contribution in [1.82, 2.24) is 4.90 Å². The van der Waals surface area contributed by atoms with Gasteiger partial charge in [-0.1, -0.05) is 31.4 Å². The molecule has 160 valence electrons. The van der Waals surface area contributed by atoms with Crippen LogP contribution in [0.25, 0.3) is 0 Å². The summed E-state index contributed by atoms with van der Waals surface area (Å²) >= 11 is 0. The molecule has 4 atom stereocenters. The largest absolute Gasteiger partial charge is 0.480 e. The van der Waals surface area contributed by atoms with Crippen molar-refractivity contribution in [2.24, 2.45) is 17.8 Å². The topological polar surface area (TPSA) is 118 Å². The van der Waals surface area contributed by atoms with Crippen molar-refractivity contribution in [1.29, 1.82) is 0 Å². The fourth-order valence-electron chi connectivity index (χ4n) is 5.74. The Morgan fingerprint density at radius 1 is 1.10 bits per heavy atom. The molecule has 1 N–H and O–H groups in total. The van der Waals surface area contributed by atoms with E-state index >= 15 is 0 Å². The van der Waals surface area contributed by atoms with Gasteiger partial charge in [-0.15, -0.1) is 0 Å². The Morgan fingerprint density at radius 2 is 1.83 bits per heavy atom. The minimum atomic E-state index is -1.10. The second-order valence-corrected chi connectivity index (χ2v) is 8.71. The number of hydrogen-bond donors (Lipinski definition) is 1. The summed E-state index contributed by atoms with van der Waals surface area (Å²) in [4.78, 5) is 51.0. The first-order chi connectivity index (χ1) is 14.4. The Hall–Kier alpha value is -2.77. The number of carbonyl (C=O) groups is 3. The summed E-state index contributed by atoms with van der Waals surface area (Å²) in [6.07, 6.45) is 5.86. The number of fused-ring (bicyclic) bond motifs is 1. The van der Waals surface area contributed by atoms with Gasteiger partial charge in [0.1, 0.15) is 11.8 Å². The van der Waals surface area contributed by atoms with Crippen LogP contribution in [-0.4, -0.2) is 38.6 Å². The van der Waals surface area contributed by atoms with Crippen molar-refractivity contribution in [2.75, 3.05) is 0 Å². The highest BCUT2D eigenvalue weighted by molar-refractivity contribution is 5.91. The Labute approximate surface area is 174 Å². The van der Waals surface area contributed by atoms with Crippen LogP contribution in [0.2, 0.25) is 0 Å². The number of amides is 1. The van der Waals surface area contributed by atoms with Crippen molar-refractivity contribution in [3.05, 3.63) is 39.9 Å². The number of benzene rings is 1. The Kier molecular flexibility index (Phi) is 5.58. The van der Waals surface area contributed by atoms with E-state index in [0.717, 1.165) is 19.3 Å². The molecule has 8 heteroatoms. The number of non-ortho nitro benzene ring substituents is 1. The van der Waals surface area contributed by atoms with Crippen LogP contribution in [-0.2, 0) is 14.4 Å². The molecular weight excluding hydrogens is 388 g/mol. The number of nitro groups is 1. The van der Waals surface area contributed by atoms with Crippen LogP contribution in [0.3, 0.4) is 0 Å². The van der Waals surface area contributed by atoms with Gasteiger partial charge in [0.15, 0.2) is 0 Å². The molecule has 1 heterocycles. The molecule has 1 aromatic carbocycles. The third kappa shape index (κ3) is 3.48. The van der Waals surface area contributed by atoms with E-state index in [1.807, 2.05) is 0 Å². The Morgan fingerprint density at radius 3 is 2.50 bits per heavy atom. The highest BCUT2D eigenvalue weighted by Crippen LogP contribution is 2.51. The smallest absolute Gasteiger partial charge is 0.326 e. The van der Waals surface area contributed by atoms with Crippen molar-refractivity contribution in [3.8, 4) is 0 Å². The molecule has 0 bridgehead atoms. The summed E-state index contributed by atoms with van der Waals surface area (Å²) in [6, 6.07) is 4.11. The van der Waals surface area contributed by atoms with E-state index in [2.05, 4.69) is 0 Å². The van der Waals surface area contributed by atoms with Gasteiger partial charge in [-0.05, 0) is 31.2 Å². The second kappa shape index (κ2) is 8.16. The minimum Gasteiger partial charge on any atom is -0.480 e. The molecule has 0 aromatic heterocycles. The number of nitro benzene ring substituents is 1. The van der Waals surface area contributed by atoms with Crippen LogP contribution in [0.1, 0.15) is 63.0 Å². The minimum absolute atomic E-state index is 0.0482. The number of hydrogen-bond acceptors (Lipinski definition) is 5. The number of likely N-dealkylation sites (tertiary alicyclic amines) is 1. The molecule has 1 saturated heterocycles. The van der Waals surface area contributed by atoms with Crippen molar-refractivity contribution < 1.29 is 24.4 Å². The number of carbonyl (C=O) groups excluding carboxylic acids is 2. The molecule has 2 aliphatic carbocycles. The lowest BCUT2D eigenvalue weighted by Gasteiger charge is -2.34. The standard InChI is InChI=1S/C22H26N2O6/c25-17-11-5-10-16-18(17)19(14-8-4-9-15(12-14)24(29)30)23(20(16)22(27)28)21(26)13-6-2-1-3-7-13/h4,8-9,12-13,16,18-20H,1-3,5-7,10-11H2,(H,27,28). The molecule has 4 unspecified atom stereocenters. The molecule has 8 nitrogen and oxygen atoms in total. The number of rotatable bonds is 4. The molecule has 0 spiro atoms. The summed E-state index contributed by atoms with van der Waals surface area (Å²) in [7, 11) is 0. The number of aliphatic carboxylic acids is 1. The van der Waals surface area contributed by atoms with Gasteiger partial charge >= 0.3 is 5.97 Å².